The summed E-state index contributed by atoms with van der Waals surface area (Å²) in [5.74, 6) is 1.38. The fourth-order valence-electron chi connectivity index (χ4n) is 6.20. The predicted molar refractivity (Wildman–Crippen MR) is 164 cm³/mol. The Bertz CT molecular complexity index is 1620. The highest BCUT2D eigenvalue weighted by Crippen LogP contribution is 2.39. The van der Waals surface area contributed by atoms with Crippen LogP contribution in [0.1, 0.15) is 60.9 Å². The van der Waals surface area contributed by atoms with E-state index in [-0.39, 0.29) is 18.0 Å². The summed E-state index contributed by atoms with van der Waals surface area (Å²) < 4.78 is 7.75. The van der Waals surface area contributed by atoms with Crippen LogP contribution in [0.3, 0.4) is 0 Å². The molecule has 2 fully saturated rings. The lowest BCUT2D eigenvalue weighted by atomic mass is 9.91. The Balaban J connectivity index is 1.23. The number of rotatable bonds is 9. The first-order valence-electron chi connectivity index (χ1n) is 15.0. The minimum absolute atomic E-state index is 0.0542. The van der Waals surface area contributed by atoms with E-state index >= 15 is 0 Å². The van der Waals surface area contributed by atoms with Gasteiger partial charge < -0.3 is 36.3 Å². The number of fused-ring (bicyclic) bond motifs is 1. The van der Waals surface area contributed by atoms with Gasteiger partial charge in [-0.05, 0) is 36.8 Å². The van der Waals surface area contributed by atoms with Crippen LogP contribution >= 0.6 is 0 Å². The molecule has 0 bridgehead atoms. The number of nitrogens with zero attached hydrogens (tertiary/aromatic N) is 6. The van der Waals surface area contributed by atoms with Gasteiger partial charge in [-0.3, -0.25) is 4.57 Å². The van der Waals surface area contributed by atoms with Gasteiger partial charge in [0.05, 0.1) is 6.33 Å². The van der Waals surface area contributed by atoms with E-state index in [0.29, 0.717) is 35.3 Å². The Morgan fingerprint density at radius 1 is 0.955 bits per heavy atom. The molecule has 5 aromatic rings. The van der Waals surface area contributed by atoms with Crippen LogP contribution in [0.25, 0.3) is 11.2 Å². The lowest BCUT2D eigenvalue weighted by Gasteiger charge is -2.27. The smallest absolute Gasteiger partial charge is 0.227 e. The number of imidazole rings is 1. The van der Waals surface area contributed by atoms with Gasteiger partial charge in [0, 0.05) is 24.5 Å². The number of hydrogen-bond acceptors (Lipinski definition) is 11. The van der Waals surface area contributed by atoms with Crippen LogP contribution in [0.4, 0.5) is 11.8 Å². The molecule has 1 aliphatic heterocycles. The Labute approximate surface area is 253 Å². The van der Waals surface area contributed by atoms with Crippen molar-refractivity contribution >= 4 is 22.9 Å². The van der Waals surface area contributed by atoms with E-state index < -0.39 is 24.5 Å². The Morgan fingerprint density at radius 3 is 2.32 bits per heavy atom. The molecule has 0 radical (unpaired) electrons. The summed E-state index contributed by atoms with van der Waals surface area (Å²) in [6, 6.07) is 21.1. The highest BCUT2D eigenvalue weighted by Gasteiger charge is 2.46. The number of benzene rings is 2. The summed E-state index contributed by atoms with van der Waals surface area (Å²) >= 11 is 0. The fourth-order valence-corrected chi connectivity index (χ4v) is 6.20. The zero-order valence-corrected chi connectivity index (χ0v) is 24.1. The monoisotopic (exact) mass is 596 g/mol. The second-order valence-corrected chi connectivity index (χ2v) is 11.5. The third kappa shape index (κ3) is 5.62. The molecule has 0 spiro atoms. The van der Waals surface area contributed by atoms with Crippen LogP contribution in [0.15, 0.2) is 73.3 Å². The van der Waals surface area contributed by atoms with E-state index in [4.69, 9.17) is 20.4 Å². The number of H-pyrrole nitrogens is 1. The quantitative estimate of drug-likeness (QED) is 0.147. The van der Waals surface area contributed by atoms with Gasteiger partial charge in [0.25, 0.3) is 0 Å². The molecule has 3 aromatic heterocycles. The van der Waals surface area contributed by atoms with Gasteiger partial charge in [-0.2, -0.15) is 9.97 Å². The zero-order valence-electron chi connectivity index (χ0n) is 24.1. The molecule has 44 heavy (non-hydrogen) atoms. The topological polar surface area (TPSA) is 185 Å². The highest BCUT2D eigenvalue weighted by molar-refractivity contribution is 5.84. The molecular weight excluding hydrogens is 560 g/mol. The first kappa shape index (κ1) is 28.3. The Hall–Kier alpha value is -4.43. The van der Waals surface area contributed by atoms with Crippen molar-refractivity contribution in [2.24, 2.45) is 5.73 Å². The van der Waals surface area contributed by atoms with Crippen LogP contribution < -0.4 is 16.4 Å². The van der Waals surface area contributed by atoms with Crippen molar-refractivity contribution in [1.29, 1.82) is 0 Å². The molecule has 228 valence electrons. The van der Waals surface area contributed by atoms with Gasteiger partial charge in [-0.1, -0.05) is 60.7 Å². The molecule has 0 amide bonds. The molecule has 1 aliphatic carbocycles. The molecule has 7 rings (SSSR count). The standard InChI is InChI=1S/C31H36N10O3/c32-20-11-13-21(14-12-20)37-31-38-27(33-15-22(18-7-3-1-4-8-18)19-9-5-2-6-10-19)23-29(39-31)41(17-35-23)30-25(43)24(42)26(44-30)28-34-16-36-40-28/h1-10,16-17,20-22,24-26,30,42-43H,11-15,32H2,(H,34,36,40)(H2,33,37,38,39)/t20-,21-,24-,25+,26-,30+/m0/s1. The Morgan fingerprint density at radius 2 is 1.66 bits per heavy atom. The van der Waals surface area contributed by atoms with Crippen LogP contribution in [0, 0.1) is 0 Å². The first-order chi connectivity index (χ1) is 21.5. The third-order valence-electron chi connectivity index (χ3n) is 8.62. The predicted octanol–water partition coefficient (Wildman–Crippen LogP) is 2.86. The number of aromatic amines is 1. The lowest BCUT2D eigenvalue weighted by Crippen LogP contribution is -2.33. The molecule has 13 nitrogen and oxygen atoms in total. The number of ether oxygens (including phenoxy) is 1. The maximum absolute atomic E-state index is 11.0. The molecular formula is C31H36N10O3. The van der Waals surface area contributed by atoms with Gasteiger partial charge in [0.1, 0.15) is 24.6 Å². The maximum Gasteiger partial charge on any atom is 0.227 e. The van der Waals surface area contributed by atoms with E-state index in [9.17, 15) is 10.2 Å². The summed E-state index contributed by atoms with van der Waals surface area (Å²) in [6.07, 6.45) is 2.32. The molecule has 1 saturated heterocycles. The van der Waals surface area contributed by atoms with Crippen LogP contribution in [0.2, 0.25) is 0 Å². The van der Waals surface area contributed by atoms with Gasteiger partial charge in [-0.25, -0.2) is 4.98 Å². The zero-order chi connectivity index (χ0) is 30.0. The average Bonchev–Trinajstić information content (AvgIpc) is 3.80. The summed E-state index contributed by atoms with van der Waals surface area (Å²) in [4.78, 5) is 17.2. The summed E-state index contributed by atoms with van der Waals surface area (Å²) in [7, 11) is 0. The largest absolute Gasteiger partial charge is 0.387 e. The summed E-state index contributed by atoms with van der Waals surface area (Å²) in [5, 5.41) is 36.7. The fraction of sp³-hybridized carbons (Fsp3) is 0.387. The number of aromatic nitrogens is 7. The van der Waals surface area contributed by atoms with E-state index in [1.165, 1.54) is 17.5 Å². The lowest BCUT2D eigenvalue weighted by molar-refractivity contribution is -0.0382. The van der Waals surface area contributed by atoms with Crippen molar-refractivity contribution in [2.75, 3.05) is 17.2 Å². The molecule has 2 aliphatic rings. The van der Waals surface area contributed by atoms with Gasteiger partial charge in [0.2, 0.25) is 5.95 Å². The minimum atomic E-state index is -1.26. The molecule has 2 aromatic carbocycles. The van der Waals surface area contributed by atoms with E-state index in [1.807, 2.05) is 36.4 Å². The molecule has 4 atom stereocenters. The Kier molecular flexibility index (Phi) is 7.91. The third-order valence-corrected chi connectivity index (χ3v) is 8.62. The summed E-state index contributed by atoms with van der Waals surface area (Å²) in [6.45, 7) is 0.555. The van der Waals surface area contributed by atoms with Crippen LogP contribution in [0.5, 0.6) is 0 Å². The molecule has 13 heteroatoms. The van der Waals surface area contributed by atoms with Crippen molar-refractivity contribution in [1.82, 2.24) is 34.7 Å². The van der Waals surface area contributed by atoms with Crippen molar-refractivity contribution < 1.29 is 14.9 Å². The van der Waals surface area contributed by atoms with E-state index in [0.717, 1.165) is 25.7 Å². The average molecular weight is 597 g/mol. The van der Waals surface area contributed by atoms with Gasteiger partial charge in [-0.15, -0.1) is 10.2 Å². The minimum Gasteiger partial charge on any atom is -0.387 e. The van der Waals surface area contributed by atoms with Gasteiger partial charge in [0.15, 0.2) is 29.0 Å². The number of aliphatic hydroxyl groups excluding tert-OH is 2. The van der Waals surface area contributed by atoms with Crippen molar-refractivity contribution in [2.45, 2.75) is 68.2 Å². The number of nitrogens with one attached hydrogen (secondary N) is 3. The maximum atomic E-state index is 11.0. The van der Waals surface area contributed by atoms with Crippen molar-refractivity contribution in [3.63, 3.8) is 0 Å². The first-order valence-corrected chi connectivity index (χ1v) is 15.0. The SMILES string of the molecule is N[C@H]1CC[C@H](Nc2nc(NCC(c3ccccc3)c3ccccc3)c3ncn([C@@H]4O[C@H](c5nnc[nH]5)[C@@H](O)[C@H]4O)c3n2)CC1. The number of anilines is 2. The summed E-state index contributed by atoms with van der Waals surface area (Å²) in [5.41, 5.74) is 9.48. The number of hydrogen-bond donors (Lipinski definition) is 6. The molecule has 1 saturated carbocycles. The van der Waals surface area contributed by atoms with Gasteiger partial charge >= 0.3 is 0 Å². The van der Waals surface area contributed by atoms with Crippen molar-refractivity contribution in [3.8, 4) is 0 Å². The van der Waals surface area contributed by atoms with Crippen LogP contribution in [-0.2, 0) is 4.74 Å². The molecule has 4 heterocycles. The normalized spacial score (nSPS) is 25.5. The van der Waals surface area contributed by atoms with Crippen molar-refractivity contribution in [3.05, 3.63) is 90.3 Å². The van der Waals surface area contributed by atoms with Crippen LogP contribution in [-0.4, -0.2) is 75.7 Å². The number of nitrogens with two attached hydrogens (primary N) is 1. The molecule has 0 unspecified atom stereocenters. The second-order valence-electron chi connectivity index (χ2n) is 11.5. The number of aliphatic hydroxyl groups is 2. The van der Waals surface area contributed by atoms with E-state index in [1.54, 1.807) is 10.9 Å². The molecule has 7 N–H and O–H groups in total. The highest BCUT2D eigenvalue weighted by atomic mass is 16.6. The second kappa shape index (κ2) is 12.3. The van der Waals surface area contributed by atoms with E-state index in [2.05, 4.69) is 55.1 Å².